The van der Waals surface area contributed by atoms with E-state index >= 15 is 0 Å². The van der Waals surface area contributed by atoms with E-state index < -0.39 is 0 Å². The van der Waals surface area contributed by atoms with Crippen molar-refractivity contribution in [3.8, 4) is 6.07 Å². The molecule has 2 aromatic rings. The number of nitriles is 1. The van der Waals surface area contributed by atoms with Crippen LogP contribution in [0.1, 0.15) is 17.5 Å². The molecule has 1 N–H and O–H groups in total. The standard InChI is InChI=1S/C17H20N4/c1-14-9-11-20-17(16(14)13-18)19-10-6-12-21(2)15-7-4-3-5-8-15/h3-5,7-9,11H,6,10,12H2,1-2H3,(H,19,20). The molecule has 4 nitrogen and oxygen atoms in total. The molecule has 0 saturated carbocycles. The molecule has 0 radical (unpaired) electrons. The summed E-state index contributed by atoms with van der Waals surface area (Å²) in [5.41, 5.74) is 2.80. The smallest absolute Gasteiger partial charge is 0.144 e. The molecule has 0 spiro atoms. The lowest BCUT2D eigenvalue weighted by atomic mass is 10.1. The van der Waals surface area contributed by atoms with Gasteiger partial charge in [-0.3, -0.25) is 0 Å². The van der Waals surface area contributed by atoms with E-state index in [2.05, 4.69) is 40.5 Å². The second-order valence-corrected chi connectivity index (χ2v) is 5.00. The first-order valence-corrected chi connectivity index (χ1v) is 7.08. The molecule has 0 fully saturated rings. The zero-order chi connectivity index (χ0) is 15.1. The highest BCUT2D eigenvalue weighted by Crippen LogP contribution is 2.15. The van der Waals surface area contributed by atoms with Crippen molar-refractivity contribution in [2.75, 3.05) is 30.4 Å². The Kier molecular flexibility index (Phi) is 5.16. The van der Waals surface area contributed by atoms with Crippen molar-refractivity contribution < 1.29 is 0 Å². The molecule has 0 atom stereocenters. The monoisotopic (exact) mass is 280 g/mol. The molecule has 0 aliphatic heterocycles. The Morgan fingerprint density at radius 2 is 2.00 bits per heavy atom. The van der Waals surface area contributed by atoms with Crippen LogP contribution in [0.25, 0.3) is 0 Å². The average molecular weight is 280 g/mol. The topological polar surface area (TPSA) is 52.0 Å². The van der Waals surface area contributed by atoms with Crippen LogP contribution in [0.4, 0.5) is 11.5 Å². The maximum Gasteiger partial charge on any atom is 0.144 e. The third kappa shape index (κ3) is 3.96. The SMILES string of the molecule is Cc1ccnc(NCCCN(C)c2ccccc2)c1C#N. The Morgan fingerprint density at radius 1 is 1.24 bits per heavy atom. The molecule has 1 aromatic carbocycles. The maximum atomic E-state index is 9.15. The molecule has 1 aromatic heterocycles. The van der Waals surface area contributed by atoms with Crippen LogP contribution in [-0.4, -0.2) is 25.1 Å². The van der Waals surface area contributed by atoms with E-state index in [1.807, 2.05) is 31.2 Å². The number of nitrogens with one attached hydrogen (secondary N) is 1. The summed E-state index contributed by atoms with van der Waals surface area (Å²) in [5.74, 6) is 0.680. The summed E-state index contributed by atoms with van der Waals surface area (Å²) in [6, 6.07) is 14.4. The molecule has 4 heteroatoms. The number of para-hydroxylation sites is 1. The molecule has 0 aliphatic carbocycles. The van der Waals surface area contributed by atoms with Gasteiger partial charge in [0, 0.05) is 32.0 Å². The minimum atomic E-state index is 0.633. The second kappa shape index (κ2) is 7.30. The molecule has 21 heavy (non-hydrogen) atoms. The zero-order valence-corrected chi connectivity index (χ0v) is 12.5. The summed E-state index contributed by atoms with van der Waals surface area (Å²) in [4.78, 5) is 6.46. The Morgan fingerprint density at radius 3 is 2.71 bits per heavy atom. The summed E-state index contributed by atoms with van der Waals surface area (Å²) >= 11 is 0. The number of nitrogens with zero attached hydrogens (tertiary/aromatic N) is 3. The first-order chi connectivity index (χ1) is 10.2. The van der Waals surface area contributed by atoms with Gasteiger partial charge in [0.05, 0.1) is 5.56 Å². The van der Waals surface area contributed by atoms with E-state index in [0.717, 1.165) is 25.1 Å². The Balaban J connectivity index is 1.83. The van der Waals surface area contributed by atoms with Gasteiger partial charge in [0.2, 0.25) is 0 Å². The lowest BCUT2D eigenvalue weighted by molar-refractivity contribution is 0.814. The van der Waals surface area contributed by atoms with Crippen molar-refractivity contribution >= 4 is 11.5 Å². The van der Waals surface area contributed by atoms with E-state index in [-0.39, 0.29) is 0 Å². The minimum Gasteiger partial charge on any atom is -0.375 e. The highest BCUT2D eigenvalue weighted by atomic mass is 15.1. The highest BCUT2D eigenvalue weighted by Gasteiger charge is 2.05. The maximum absolute atomic E-state index is 9.15. The van der Waals surface area contributed by atoms with Gasteiger partial charge in [0.15, 0.2) is 0 Å². The van der Waals surface area contributed by atoms with E-state index in [0.29, 0.717) is 11.4 Å². The molecule has 0 amide bonds. The van der Waals surface area contributed by atoms with E-state index in [1.54, 1.807) is 6.20 Å². The first kappa shape index (κ1) is 14.9. The van der Waals surface area contributed by atoms with Gasteiger partial charge in [-0.1, -0.05) is 18.2 Å². The van der Waals surface area contributed by atoms with Crippen LogP contribution in [0.5, 0.6) is 0 Å². The molecule has 0 bridgehead atoms. The second-order valence-electron chi connectivity index (χ2n) is 5.00. The lowest BCUT2D eigenvalue weighted by Gasteiger charge is -2.19. The molecular weight excluding hydrogens is 260 g/mol. The summed E-state index contributed by atoms with van der Waals surface area (Å²) in [7, 11) is 2.08. The fourth-order valence-electron chi connectivity index (χ4n) is 2.17. The van der Waals surface area contributed by atoms with Crippen LogP contribution >= 0.6 is 0 Å². The van der Waals surface area contributed by atoms with Gasteiger partial charge < -0.3 is 10.2 Å². The van der Waals surface area contributed by atoms with Crippen LogP contribution in [-0.2, 0) is 0 Å². The van der Waals surface area contributed by atoms with Crippen molar-refractivity contribution in [3.05, 3.63) is 53.7 Å². The number of aromatic nitrogens is 1. The van der Waals surface area contributed by atoms with Crippen LogP contribution in [0.3, 0.4) is 0 Å². The van der Waals surface area contributed by atoms with E-state index in [4.69, 9.17) is 5.26 Å². The molecular formula is C17H20N4. The van der Waals surface area contributed by atoms with Crippen molar-refractivity contribution in [1.82, 2.24) is 4.98 Å². The van der Waals surface area contributed by atoms with Crippen molar-refractivity contribution in [2.45, 2.75) is 13.3 Å². The first-order valence-electron chi connectivity index (χ1n) is 7.08. The number of anilines is 2. The third-order valence-electron chi connectivity index (χ3n) is 3.43. The van der Waals surface area contributed by atoms with E-state index in [1.165, 1.54) is 5.69 Å². The van der Waals surface area contributed by atoms with Crippen LogP contribution in [0.15, 0.2) is 42.6 Å². The normalized spacial score (nSPS) is 9.95. The van der Waals surface area contributed by atoms with Crippen molar-refractivity contribution in [2.24, 2.45) is 0 Å². The number of rotatable bonds is 6. The fourth-order valence-corrected chi connectivity index (χ4v) is 2.17. The quantitative estimate of drug-likeness (QED) is 0.826. The summed E-state index contributed by atoms with van der Waals surface area (Å²) < 4.78 is 0. The Hall–Kier alpha value is -2.54. The van der Waals surface area contributed by atoms with Crippen LogP contribution < -0.4 is 10.2 Å². The summed E-state index contributed by atoms with van der Waals surface area (Å²) in [6.45, 7) is 3.67. The molecule has 0 unspecified atom stereocenters. The number of aryl methyl sites for hydroxylation is 1. The molecule has 108 valence electrons. The number of hydrogen-bond acceptors (Lipinski definition) is 4. The summed E-state index contributed by atoms with van der Waals surface area (Å²) in [6.07, 6.45) is 2.71. The van der Waals surface area contributed by atoms with Gasteiger partial charge in [-0.25, -0.2) is 4.98 Å². The number of benzene rings is 1. The largest absolute Gasteiger partial charge is 0.375 e. The molecule has 1 heterocycles. The van der Waals surface area contributed by atoms with Crippen LogP contribution in [0, 0.1) is 18.3 Å². The number of pyridine rings is 1. The molecule has 2 rings (SSSR count). The van der Waals surface area contributed by atoms with Crippen molar-refractivity contribution in [1.29, 1.82) is 5.26 Å². The Bertz CT molecular complexity index is 616. The predicted molar refractivity (Wildman–Crippen MR) is 86.5 cm³/mol. The van der Waals surface area contributed by atoms with Crippen LogP contribution in [0.2, 0.25) is 0 Å². The fraction of sp³-hybridized carbons (Fsp3) is 0.294. The minimum absolute atomic E-state index is 0.633. The van der Waals surface area contributed by atoms with Gasteiger partial charge >= 0.3 is 0 Å². The third-order valence-corrected chi connectivity index (χ3v) is 3.43. The van der Waals surface area contributed by atoms with Crippen molar-refractivity contribution in [3.63, 3.8) is 0 Å². The zero-order valence-electron chi connectivity index (χ0n) is 12.5. The number of hydrogen-bond donors (Lipinski definition) is 1. The predicted octanol–water partition coefficient (Wildman–Crippen LogP) is 3.20. The van der Waals surface area contributed by atoms with E-state index in [9.17, 15) is 0 Å². The van der Waals surface area contributed by atoms with Gasteiger partial charge in [0.1, 0.15) is 11.9 Å². The summed E-state index contributed by atoms with van der Waals surface area (Å²) in [5, 5.41) is 12.4. The van der Waals surface area contributed by atoms with Gasteiger partial charge in [0.25, 0.3) is 0 Å². The van der Waals surface area contributed by atoms with Gasteiger partial charge in [-0.15, -0.1) is 0 Å². The Labute approximate surface area is 126 Å². The average Bonchev–Trinajstić information content (AvgIpc) is 2.52. The lowest BCUT2D eigenvalue weighted by Crippen LogP contribution is -2.21. The van der Waals surface area contributed by atoms with Gasteiger partial charge in [-0.05, 0) is 37.1 Å². The van der Waals surface area contributed by atoms with Gasteiger partial charge in [-0.2, -0.15) is 5.26 Å². The highest BCUT2D eigenvalue weighted by molar-refractivity contribution is 5.55. The molecule has 0 aliphatic rings. The molecule has 0 saturated heterocycles.